The van der Waals surface area contributed by atoms with Crippen molar-refractivity contribution in [1.29, 1.82) is 0 Å². The molecule has 1 heterocycles. The summed E-state index contributed by atoms with van der Waals surface area (Å²) in [4.78, 5) is 16.8. The fourth-order valence-corrected chi connectivity index (χ4v) is 3.48. The van der Waals surface area contributed by atoms with Gasteiger partial charge in [-0.25, -0.2) is 0 Å². The van der Waals surface area contributed by atoms with Crippen LogP contribution in [0, 0.1) is 0 Å². The molecule has 3 rings (SSSR count). The molecule has 0 spiro atoms. The lowest BCUT2D eigenvalue weighted by molar-refractivity contribution is -0.118. The molecular formula is C22H29N3O. The molecule has 1 aliphatic rings. The number of nitrogens with one attached hydrogen (secondary N) is 1. The van der Waals surface area contributed by atoms with Gasteiger partial charge in [0.1, 0.15) is 6.04 Å². The highest BCUT2D eigenvalue weighted by atomic mass is 16.2. The summed E-state index contributed by atoms with van der Waals surface area (Å²) in [5.41, 5.74) is 3.16. The molecule has 0 unspecified atom stereocenters. The fourth-order valence-electron chi connectivity index (χ4n) is 3.48. The average Bonchev–Trinajstić information content (AvgIpc) is 2.97. The van der Waals surface area contributed by atoms with Crippen molar-refractivity contribution in [2.45, 2.75) is 38.6 Å². The molecular weight excluding hydrogens is 322 g/mol. The molecule has 26 heavy (non-hydrogen) atoms. The number of likely N-dealkylation sites (N-methyl/N-ethyl adjacent to an activating group) is 1. The zero-order valence-electron chi connectivity index (χ0n) is 15.8. The third kappa shape index (κ3) is 4.57. The van der Waals surface area contributed by atoms with Crippen molar-refractivity contribution in [3.05, 3.63) is 54.6 Å². The molecule has 0 aromatic heterocycles. The average molecular weight is 351 g/mol. The number of hydrogen-bond donors (Lipinski definition) is 1. The van der Waals surface area contributed by atoms with Crippen LogP contribution in [0.25, 0.3) is 0 Å². The largest absolute Gasteiger partial charge is 0.374 e. The van der Waals surface area contributed by atoms with Gasteiger partial charge in [-0.2, -0.15) is 0 Å². The van der Waals surface area contributed by atoms with Gasteiger partial charge in [-0.3, -0.25) is 4.79 Å². The molecule has 0 aliphatic carbocycles. The lowest BCUT2D eigenvalue weighted by Crippen LogP contribution is -2.39. The standard InChI is InChI=1S/C22H29N3O/c1-18(22(26)24(2)20-10-6-5-7-11-20)23-19-12-14-21(15-13-19)25-16-8-3-4-9-17-25/h5-7,10-15,18,23H,3-4,8-9,16-17H2,1-2H3/t18-/m0/s1. The summed E-state index contributed by atoms with van der Waals surface area (Å²) >= 11 is 0. The number of carbonyl (C=O) groups is 1. The maximum Gasteiger partial charge on any atom is 0.248 e. The summed E-state index contributed by atoms with van der Waals surface area (Å²) < 4.78 is 0. The van der Waals surface area contributed by atoms with E-state index in [1.54, 1.807) is 4.90 Å². The Morgan fingerprint density at radius 3 is 2.19 bits per heavy atom. The van der Waals surface area contributed by atoms with Crippen LogP contribution in [0.1, 0.15) is 32.6 Å². The first kappa shape index (κ1) is 18.3. The van der Waals surface area contributed by atoms with Gasteiger partial charge < -0.3 is 15.1 Å². The number of carbonyl (C=O) groups excluding carboxylic acids is 1. The van der Waals surface area contributed by atoms with E-state index in [9.17, 15) is 4.79 Å². The van der Waals surface area contributed by atoms with Crippen molar-refractivity contribution < 1.29 is 4.79 Å². The van der Waals surface area contributed by atoms with Crippen LogP contribution in [-0.2, 0) is 4.79 Å². The third-order valence-corrected chi connectivity index (χ3v) is 5.07. The highest BCUT2D eigenvalue weighted by molar-refractivity contribution is 5.98. The molecule has 1 aliphatic heterocycles. The van der Waals surface area contributed by atoms with Crippen LogP contribution >= 0.6 is 0 Å². The van der Waals surface area contributed by atoms with E-state index in [1.807, 2.05) is 44.3 Å². The van der Waals surface area contributed by atoms with Crippen LogP contribution in [0.3, 0.4) is 0 Å². The highest BCUT2D eigenvalue weighted by Gasteiger charge is 2.18. The van der Waals surface area contributed by atoms with E-state index >= 15 is 0 Å². The molecule has 2 aromatic carbocycles. The highest BCUT2D eigenvalue weighted by Crippen LogP contribution is 2.22. The quantitative estimate of drug-likeness (QED) is 0.859. The Morgan fingerprint density at radius 1 is 0.962 bits per heavy atom. The number of rotatable bonds is 5. The predicted octanol–water partition coefficient (Wildman–Crippen LogP) is 4.53. The van der Waals surface area contributed by atoms with E-state index in [0.717, 1.165) is 24.5 Å². The maximum atomic E-state index is 12.7. The second-order valence-corrected chi connectivity index (χ2v) is 7.05. The van der Waals surface area contributed by atoms with Gasteiger partial charge in [-0.15, -0.1) is 0 Å². The Kier molecular flexibility index (Phi) is 6.16. The summed E-state index contributed by atoms with van der Waals surface area (Å²) in [6, 6.07) is 17.9. The predicted molar refractivity (Wildman–Crippen MR) is 110 cm³/mol. The van der Waals surface area contributed by atoms with E-state index in [0.29, 0.717) is 0 Å². The van der Waals surface area contributed by atoms with E-state index in [4.69, 9.17) is 0 Å². The van der Waals surface area contributed by atoms with Gasteiger partial charge in [-0.05, 0) is 56.2 Å². The topological polar surface area (TPSA) is 35.6 Å². The van der Waals surface area contributed by atoms with Gasteiger partial charge in [0.15, 0.2) is 0 Å². The third-order valence-electron chi connectivity index (χ3n) is 5.07. The first-order chi connectivity index (χ1) is 12.6. The number of hydrogen-bond acceptors (Lipinski definition) is 3. The second kappa shape index (κ2) is 8.75. The van der Waals surface area contributed by atoms with Crippen molar-refractivity contribution in [3.8, 4) is 0 Å². The summed E-state index contributed by atoms with van der Waals surface area (Å²) in [5, 5.41) is 3.33. The van der Waals surface area contributed by atoms with Gasteiger partial charge >= 0.3 is 0 Å². The van der Waals surface area contributed by atoms with Gasteiger partial charge in [0, 0.05) is 37.2 Å². The lowest BCUT2D eigenvalue weighted by Gasteiger charge is -2.24. The zero-order chi connectivity index (χ0) is 18.4. The van der Waals surface area contributed by atoms with E-state index in [1.165, 1.54) is 31.4 Å². The Bertz CT molecular complexity index is 691. The molecule has 0 radical (unpaired) electrons. The van der Waals surface area contributed by atoms with E-state index < -0.39 is 0 Å². The molecule has 0 saturated carbocycles. The van der Waals surface area contributed by atoms with Crippen LogP contribution in [0.15, 0.2) is 54.6 Å². The summed E-state index contributed by atoms with van der Waals surface area (Å²) in [6.07, 6.45) is 5.23. The van der Waals surface area contributed by atoms with E-state index in [-0.39, 0.29) is 11.9 Å². The minimum Gasteiger partial charge on any atom is -0.374 e. The maximum absolute atomic E-state index is 12.7. The number of nitrogens with zero attached hydrogens (tertiary/aromatic N) is 2. The summed E-state index contributed by atoms with van der Waals surface area (Å²) in [7, 11) is 1.82. The Hall–Kier alpha value is -2.49. The molecule has 1 amide bonds. The number of benzene rings is 2. The zero-order valence-corrected chi connectivity index (χ0v) is 15.8. The second-order valence-electron chi connectivity index (χ2n) is 7.05. The van der Waals surface area contributed by atoms with Gasteiger partial charge in [-0.1, -0.05) is 31.0 Å². The monoisotopic (exact) mass is 351 g/mol. The van der Waals surface area contributed by atoms with E-state index in [2.05, 4.69) is 34.5 Å². The normalized spacial score (nSPS) is 15.8. The van der Waals surface area contributed by atoms with Crippen LogP contribution in [0.5, 0.6) is 0 Å². The van der Waals surface area contributed by atoms with Crippen molar-refractivity contribution in [2.24, 2.45) is 0 Å². The molecule has 4 heteroatoms. The smallest absolute Gasteiger partial charge is 0.248 e. The van der Waals surface area contributed by atoms with Gasteiger partial charge in [0.2, 0.25) is 5.91 Å². The van der Waals surface area contributed by atoms with Crippen LogP contribution in [0.2, 0.25) is 0 Å². The minimum atomic E-state index is -0.288. The Morgan fingerprint density at radius 2 is 1.58 bits per heavy atom. The Labute approximate surface area is 156 Å². The molecule has 4 nitrogen and oxygen atoms in total. The van der Waals surface area contributed by atoms with Crippen LogP contribution < -0.4 is 15.1 Å². The van der Waals surface area contributed by atoms with Gasteiger partial charge in [0.05, 0.1) is 0 Å². The van der Waals surface area contributed by atoms with Gasteiger partial charge in [0.25, 0.3) is 0 Å². The number of amides is 1. The SMILES string of the molecule is C[C@H](Nc1ccc(N2CCCCCC2)cc1)C(=O)N(C)c1ccccc1. The summed E-state index contributed by atoms with van der Waals surface area (Å²) in [6.45, 7) is 4.19. The van der Waals surface area contributed by atoms with Crippen LogP contribution in [0.4, 0.5) is 17.1 Å². The van der Waals surface area contributed by atoms with Crippen LogP contribution in [-0.4, -0.2) is 32.1 Å². The lowest BCUT2D eigenvalue weighted by atomic mass is 10.2. The number of para-hydroxylation sites is 1. The fraction of sp³-hybridized carbons (Fsp3) is 0.409. The first-order valence-electron chi connectivity index (χ1n) is 9.59. The first-order valence-corrected chi connectivity index (χ1v) is 9.59. The van der Waals surface area contributed by atoms with Crippen molar-refractivity contribution in [1.82, 2.24) is 0 Å². The molecule has 1 atom stereocenters. The molecule has 1 saturated heterocycles. The Balaban J connectivity index is 1.60. The molecule has 1 N–H and O–H groups in total. The number of anilines is 3. The molecule has 2 aromatic rings. The van der Waals surface area contributed by atoms with Crippen molar-refractivity contribution >= 4 is 23.0 Å². The minimum absolute atomic E-state index is 0.0489. The molecule has 138 valence electrons. The van der Waals surface area contributed by atoms with Crippen molar-refractivity contribution in [3.63, 3.8) is 0 Å². The molecule has 0 bridgehead atoms. The summed E-state index contributed by atoms with van der Waals surface area (Å²) in [5.74, 6) is 0.0489. The van der Waals surface area contributed by atoms with Crippen molar-refractivity contribution in [2.75, 3.05) is 35.3 Å². The molecule has 1 fully saturated rings.